The van der Waals surface area contributed by atoms with Crippen molar-refractivity contribution in [3.05, 3.63) is 16.1 Å². The number of rotatable bonds is 7. The lowest BCUT2D eigenvalue weighted by atomic mass is 9.88. The first-order valence-electron chi connectivity index (χ1n) is 7.56. The Labute approximate surface area is 127 Å². The van der Waals surface area contributed by atoms with Crippen LogP contribution in [0.25, 0.3) is 0 Å². The van der Waals surface area contributed by atoms with Gasteiger partial charge in [0.2, 0.25) is 0 Å². The maximum Gasteiger partial charge on any atom is 0.0955 e. The molecule has 116 valence electrons. The van der Waals surface area contributed by atoms with Gasteiger partial charge in [0.1, 0.15) is 0 Å². The van der Waals surface area contributed by atoms with E-state index in [1.54, 1.807) is 11.3 Å². The van der Waals surface area contributed by atoms with Crippen molar-refractivity contribution in [2.24, 2.45) is 0 Å². The van der Waals surface area contributed by atoms with Crippen LogP contribution in [0.1, 0.15) is 65.1 Å². The van der Waals surface area contributed by atoms with Crippen molar-refractivity contribution >= 4 is 11.3 Å². The highest BCUT2D eigenvalue weighted by atomic mass is 32.1. The Morgan fingerprint density at radius 3 is 2.25 bits per heavy atom. The third kappa shape index (κ3) is 4.03. The molecule has 1 unspecified atom stereocenters. The van der Waals surface area contributed by atoms with E-state index in [0.29, 0.717) is 13.0 Å². The number of nitrogens with zero attached hydrogens (tertiary/aromatic N) is 1. The molecule has 0 bridgehead atoms. The number of ether oxygens (including phenoxy) is 1. The highest BCUT2D eigenvalue weighted by Crippen LogP contribution is 2.30. The molecule has 1 aromatic rings. The number of hydrogen-bond donors (Lipinski definition) is 1. The zero-order valence-corrected chi connectivity index (χ0v) is 14.5. The van der Waals surface area contributed by atoms with Crippen LogP contribution in [0.2, 0.25) is 0 Å². The first-order chi connectivity index (χ1) is 9.29. The Morgan fingerprint density at radius 2 is 1.85 bits per heavy atom. The highest BCUT2D eigenvalue weighted by Gasteiger charge is 2.36. The molecule has 0 radical (unpaired) electrons. The van der Waals surface area contributed by atoms with Crippen LogP contribution in [-0.2, 0) is 16.6 Å². The van der Waals surface area contributed by atoms with Gasteiger partial charge in [-0.15, -0.1) is 11.3 Å². The molecule has 1 atom stereocenters. The van der Waals surface area contributed by atoms with E-state index in [9.17, 15) is 5.11 Å². The Kier molecular flexibility index (Phi) is 6.17. The molecule has 0 aliphatic rings. The van der Waals surface area contributed by atoms with Crippen LogP contribution >= 0.6 is 11.3 Å². The van der Waals surface area contributed by atoms with Crippen LogP contribution in [0.15, 0.2) is 5.38 Å². The fraction of sp³-hybridized carbons (Fsp3) is 0.812. The third-order valence-electron chi connectivity index (χ3n) is 3.92. The summed E-state index contributed by atoms with van der Waals surface area (Å²) >= 11 is 1.63. The summed E-state index contributed by atoms with van der Waals surface area (Å²) in [6.07, 6.45) is 1.70. The second-order valence-electron chi connectivity index (χ2n) is 6.30. The lowest BCUT2D eigenvalue weighted by molar-refractivity contribution is -0.124. The molecule has 0 fully saturated rings. The van der Waals surface area contributed by atoms with Crippen molar-refractivity contribution in [1.29, 1.82) is 0 Å². The third-order valence-corrected chi connectivity index (χ3v) is 4.80. The highest BCUT2D eigenvalue weighted by molar-refractivity contribution is 7.09. The van der Waals surface area contributed by atoms with Crippen molar-refractivity contribution < 1.29 is 9.84 Å². The van der Waals surface area contributed by atoms with Gasteiger partial charge in [-0.05, 0) is 19.8 Å². The summed E-state index contributed by atoms with van der Waals surface area (Å²) in [5, 5.41) is 13.7. The molecule has 0 spiro atoms. The fourth-order valence-corrected chi connectivity index (χ4v) is 3.47. The van der Waals surface area contributed by atoms with Gasteiger partial charge >= 0.3 is 0 Å². The van der Waals surface area contributed by atoms with Gasteiger partial charge < -0.3 is 9.84 Å². The molecule has 0 amide bonds. The molecule has 0 aliphatic carbocycles. The minimum Gasteiger partial charge on any atom is -0.390 e. The lowest BCUT2D eigenvalue weighted by Crippen LogP contribution is -2.45. The molecule has 20 heavy (non-hydrogen) atoms. The van der Waals surface area contributed by atoms with E-state index in [-0.39, 0.29) is 5.41 Å². The van der Waals surface area contributed by atoms with Crippen LogP contribution in [0, 0.1) is 0 Å². The van der Waals surface area contributed by atoms with Gasteiger partial charge in [-0.25, -0.2) is 4.98 Å². The van der Waals surface area contributed by atoms with Crippen LogP contribution < -0.4 is 0 Å². The smallest absolute Gasteiger partial charge is 0.0955 e. The molecular weight excluding hydrogens is 270 g/mol. The molecule has 1 rings (SSSR count). The topological polar surface area (TPSA) is 42.4 Å². The molecule has 1 N–H and O–H groups in total. The number of thiazole rings is 1. The van der Waals surface area contributed by atoms with E-state index in [2.05, 4.69) is 45.0 Å². The Balaban J connectivity index is 2.83. The van der Waals surface area contributed by atoms with Gasteiger partial charge in [-0.3, -0.25) is 0 Å². The van der Waals surface area contributed by atoms with E-state index >= 15 is 0 Å². The zero-order chi connectivity index (χ0) is 15.4. The Morgan fingerprint density at radius 1 is 1.25 bits per heavy atom. The quantitative estimate of drug-likeness (QED) is 0.829. The van der Waals surface area contributed by atoms with Crippen molar-refractivity contribution in [1.82, 2.24) is 4.98 Å². The van der Waals surface area contributed by atoms with E-state index in [1.807, 2.05) is 6.92 Å². The standard InChI is InChI=1S/C16H29NO2S/c1-7-16(8-2,19-9-3)13(18)10-14-17-12(11-20-14)15(4,5)6/h11,13,18H,7-10H2,1-6H3. The number of hydrogen-bond acceptors (Lipinski definition) is 4. The molecular formula is C16H29NO2S. The maximum absolute atomic E-state index is 10.6. The first-order valence-corrected chi connectivity index (χ1v) is 8.44. The molecule has 3 nitrogen and oxygen atoms in total. The van der Waals surface area contributed by atoms with Crippen molar-refractivity contribution in [2.45, 2.75) is 77.9 Å². The van der Waals surface area contributed by atoms with Gasteiger partial charge in [0, 0.05) is 23.8 Å². The minimum atomic E-state index is -0.503. The SMILES string of the molecule is CCOC(CC)(CC)C(O)Cc1nc(C(C)(C)C)cs1. The predicted molar refractivity (Wildman–Crippen MR) is 85.5 cm³/mol. The molecule has 0 saturated heterocycles. The van der Waals surface area contributed by atoms with Crippen molar-refractivity contribution in [3.63, 3.8) is 0 Å². The monoisotopic (exact) mass is 299 g/mol. The van der Waals surface area contributed by atoms with Crippen LogP contribution in [0.5, 0.6) is 0 Å². The summed E-state index contributed by atoms with van der Waals surface area (Å²) in [5.74, 6) is 0. The van der Waals surface area contributed by atoms with E-state index in [1.165, 1.54) is 0 Å². The summed E-state index contributed by atoms with van der Waals surface area (Å²) in [6.45, 7) is 13.2. The van der Waals surface area contributed by atoms with Gasteiger partial charge in [0.25, 0.3) is 0 Å². The molecule has 1 heterocycles. The number of aliphatic hydroxyl groups excluding tert-OH is 1. The van der Waals surface area contributed by atoms with Gasteiger partial charge in [0.05, 0.1) is 22.4 Å². The van der Waals surface area contributed by atoms with Gasteiger partial charge in [0.15, 0.2) is 0 Å². The van der Waals surface area contributed by atoms with Crippen molar-refractivity contribution in [2.75, 3.05) is 6.61 Å². The summed E-state index contributed by atoms with van der Waals surface area (Å²) in [6, 6.07) is 0. The molecule has 4 heteroatoms. The van der Waals surface area contributed by atoms with E-state index in [0.717, 1.165) is 23.5 Å². The molecule has 0 aliphatic heterocycles. The maximum atomic E-state index is 10.6. The lowest BCUT2D eigenvalue weighted by Gasteiger charge is -2.36. The molecule has 0 saturated carbocycles. The van der Waals surface area contributed by atoms with Gasteiger partial charge in [-0.2, -0.15) is 0 Å². The Hall–Kier alpha value is -0.450. The van der Waals surface area contributed by atoms with E-state index < -0.39 is 11.7 Å². The predicted octanol–water partition coefficient (Wildman–Crippen LogP) is 3.94. The zero-order valence-electron chi connectivity index (χ0n) is 13.7. The van der Waals surface area contributed by atoms with E-state index in [4.69, 9.17) is 4.74 Å². The summed E-state index contributed by atoms with van der Waals surface area (Å²) in [4.78, 5) is 4.67. The van der Waals surface area contributed by atoms with Crippen LogP contribution in [-0.4, -0.2) is 28.4 Å². The molecule has 0 aromatic carbocycles. The molecule has 1 aromatic heterocycles. The average molecular weight is 299 g/mol. The van der Waals surface area contributed by atoms with Crippen LogP contribution in [0.4, 0.5) is 0 Å². The fourth-order valence-electron chi connectivity index (χ4n) is 2.41. The minimum absolute atomic E-state index is 0.0617. The number of aliphatic hydroxyl groups is 1. The summed E-state index contributed by atoms with van der Waals surface area (Å²) in [7, 11) is 0. The summed E-state index contributed by atoms with van der Waals surface area (Å²) in [5.41, 5.74) is 0.717. The largest absolute Gasteiger partial charge is 0.390 e. The number of aromatic nitrogens is 1. The van der Waals surface area contributed by atoms with Crippen molar-refractivity contribution in [3.8, 4) is 0 Å². The average Bonchev–Trinajstić information content (AvgIpc) is 2.84. The van der Waals surface area contributed by atoms with Gasteiger partial charge in [-0.1, -0.05) is 34.6 Å². The summed E-state index contributed by atoms with van der Waals surface area (Å²) < 4.78 is 5.86. The second kappa shape index (κ2) is 7.01. The Bertz CT molecular complexity index is 405. The van der Waals surface area contributed by atoms with Crippen LogP contribution in [0.3, 0.4) is 0 Å². The first kappa shape index (κ1) is 17.6. The second-order valence-corrected chi connectivity index (χ2v) is 7.24. The normalized spacial score (nSPS) is 14.6.